The topological polar surface area (TPSA) is 86.2 Å². The molecule has 0 aliphatic heterocycles. The predicted molar refractivity (Wildman–Crippen MR) is 57.6 cm³/mol. The molecule has 0 heterocycles. The van der Waals surface area contributed by atoms with Gasteiger partial charge < -0.3 is 11.5 Å². The summed E-state index contributed by atoms with van der Waals surface area (Å²) in [6, 6.07) is 0. The van der Waals surface area contributed by atoms with Crippen LogP contribution in [0.3, 0.4) is 0 Å². The lowest BCUT2D eigenvalue weighted by Crippen LogP contribution is -2.60. The number of carbonyl (C=O) groups excluding carboxylic acids is 2. The van der Waals surface area contributed by atoms with Gasteiger partial charge in [-0.2, -0.15) is 0 Å². The largest absolute Gasteiger partial charge is 0.369 e. The van der Waals surface area contributed by atoms with Crippen LogP contribution < -0.4 is 11.5 Å². The molecule has 4 saturated carbocycles. The maximum Gasteiger partial charge on any atom is 0.223 e. The molecular formula is C12H17N2O2. The van der Waals surface area contributed by atoms with Gasteiger partial charge in [0.15, 0.2) is 0 Å². The highest BCUT2D eigenvalue weighted by Gasteiger charge is 2.62. The van der Waals surface area contributed by atoms with Crippen molar-refractivity contribution in [1.82, 2.24) is 0 Å². The molecule has 1 radical (unpaired) electrons. The molecular weight excluding hydrogens is 204 g/mol. The van der Waals surface area contributed by atoms with E-state index in [0.717, 1.165) is 25.7 Å². The Labute approximate surface area is 94.7 Å². The van der Waals surface area contributed by atoms with Gasteiger partial charge in [0.25, 0.3) is 0 Å². The Morgan fingerprint density at radius 3 is 2.44 bits per heavy atom. The van der Waals surface area contributed by atoms with E-state index in [4.69, 9.17) is 11.5 Å². The minimum absolute atomic E-state index is 0.236. The number of rotatable bonds is 2. The molecule has 0 aromatic carbocycles. The highest BCUT2D eigenvalue weighted by atomic mass is 16.2. The van der Waals surface area contributed by atoms with Gasteiger partial charge in [-0.25, -0.2) is 0 Å². The molecule has 4 heteroatoms. The molecule has 2 amide bonds. The molecule has 0 spiro atoms. The zero-order valence-corrected chi connectivity index (χ0v) is 9.24. The molecule has 4 atom stereocenters. The maximum absolute atomic E-state index is 11.7. The first-order valence-electron chi connectivity index (χ1n) is 5.92. The predicted octanol–water partition coefficient (Wildman–Crippen LogP) is 0.358. The van der Waals surface area contributed by atoms with Gasteiger partial charge in [0.1, 0.15) is 0 Å². The second-order valence-corrected chi connectivity index (χ2v) is 5.98. The van der Waals surface area contributed by atoms with E-state index in [9.17, 15) is 9.59 Å². The highest BCUT2D eigenvalue weighted by Crippen LogP contribution is 2.64. The molecule has 4 rings (SSSR count). The summed E-state index contributed by atoms with van der Waals surface area (Å²) in [6.07, 6.45) is 6.28. The lowest BCUT2D eigenvalue weighted by molar-refractivity contribution is -0.153. The Balaban J connectivity index is 2.03. The first-order valence-corrected chi connectivity index (χ1v) is 5.92. The number of hydrogen-bond donors (Lipinski definition) is 2. The summed E-state index contributed by atoms with van der Waals surface area (Å²) in [6.45, 7) is 0. The van der Waals surface area contributed by atoms with Gasteiger partial charge >= 0.3 is 0 Å². The number of nitrogens with two attached hydrogens (primary N) is 2. The number of carbonyl (C=O) groups is 2. The first-order chi connectivity index (χ1) is 7.46. The van der Waals surface area contributed by atoms with E-state index in [-0.39, 0.29) is 11.8 Å². The molecule has 4 aliphatic carbocycles. The minimum atomic E-state index is -0.543. The Kier molecular flexibility index (Phi) is 1.76. The Morgan fingerprint density at radius 1 is 1.12 bits per heavy atom. The summed E-state index contributed by atoms with van der Waals surface area (Å²) < 4.78 is 0. The molecule has 4 unspecified atom stereocenters. The fourth-order valence-corrected chi connectivity index (χ4v) is 4.49. The van der Waals surface area contributed by atoms with Crippen LogP contribution in [0.5, 0.6) is 0 Å². The summed E-state index contributed by atoms with van der Waals surface area (Å²) in [5.41, 5.74) is 10.1. The minimum Gasteiger partial charge on any atom is -0.369 e. The summed E-state index contributed by atoms with van der Waals surface area (Å²) in [4.78, 5) is 23.3. The SMILES string of the molecule is NC(=O)C12[CH]C3CC(C1)CC(C(N)=O)(C3)C2. The highest BCUT2D eigenvalue weighted by molar-refractivity contribution is 5.87. The quantitative estimate of drug-likeness (QED) is 0.705. The van der Waals surface area contributed by atoms with Crippen molar-refractivity contribution in [3.8, 4) is 0 Å². The van der Waals surface area contributed by atoms with Crippen LogP contribution in [0.15, 0.2) is 0 Å². The van der Waals surface area contributed by atoms with Crippen LogP contribution in [0.1, 0.15) is 32.1 Å². The first kappa shape index (κ1) is 10.1. The Morgan fingerprint density at radius 2 is 1.88 bits per heavy atom. The Bertz CT molecular complexity index is 331. The third-order valence-electron chi connectivity index (χ3n) is 4.84. The molecule has 4 bridgehead atoms. The van der Waals surface area contributed by atoms with Crippen LogP contribution in [0, 0.1) is 29.1 Å². The summed E-state index contributed by atoms with van der Waals surface area (Å²) in [7, 11) is 0. The molecule has 0 saturated heterocycles. The van der Waals surface area contributed by atoms with Gasteiger partial charge in [-0.05, 0) is 50.4 Å². The molecule has 4 N–H and O–H groups in total. The van der Waals surface area contributed by atoms with Crippen molar-refractivity contribution in [3.05, 3.63) is 6.42 Å². The smallest absolute Gasteiger partial charge is 0.223 e. The second-order valence-electron chi connectivity index (χ2n) is 5.98. The summed E-state index contributed by atoms with van der Waals surface area (Å²) in [5.74, 6) is 0.312. The molecule has 4 fully saturated rings. The average molecular weight is 221 g/mol. The van der Waals surface area contributed by atoms with E-state index in [1.54, 1.807) is 0 Å². The van der Waals surface area contributed by atoms with E-state index >= 15 is 0 Å². The van der Waals surface area contributed by atoms with Crippen molar-refractivity contribution in [3.63, 3.8) is 0 Å². The zero-order valence-electron chi connectivity index (χ0n) is 9.24. The molecule has 0 aromatic heterocycles. The van der Waals surface area contributed by atoms with Gasteiger partial charge in [-0.3, -0.25) is 9.59 Å². The van der Waals surface area contributed by atoms with Crippen LogP contribution >= 0.6 is 0 Å². The van der Waals surface area contributed by atoms with Gasteiger partial charge in [-0.1, -0.05) is 0 Å². The van der Waals surface area contributed by atoms with E-state index < -0.39 is 10.8 Å². The van der Waals surface area contributed by atoms with E-state index in [1.807, 2.05) is 0 Å². The fraction of sp³-hybridized carbons (Fsp3) is 0.750. The monoisotopic (exact) mass is 221 g/mol. The maximum atomic E-state index is 11.7. The number of hydrogen-bond acceptors (Lipinski definition) is 2. The molecule has 0 aromatic rings. The second kappa shape index (κ2) is 2.79. The lowest BCUT2D eigenvalue weighted by Gasteiger charge is -2.59. The van der Waals surface area contributed by atoms with Crippen LogP contribution in [0.2, 0.25) is 0 Å². The van der Waals surface area contributed by atoms with Crippen molar-refractivity contribution in [2.75, 3.05) is 0 Å². The summed E-state index contributed by atoms with van der Waals surface area (Å²) >= 11 is 0. The molecule has 4 aliphatic rings. The summed E-state index contributed by atoms with van der Waals surface area (Å²) in [5, 5.41) is 0. The third-order valence-corrected chi connectivity index (χ3v) is 4.84. The standard InChI is InChI=1S/C12H17N2O2/c13-9(15)11-2-7-1-8(4-11)5-12(3-7,6-11)10(14)16/h2,7-8H,1,3-6H2,(H2,13,15)(H2,14,16). The van der Waals surface area contributed by atoms with Crippen LogP contribution in [-0.4, -0.2) is 11.8 Å². The van der Waals surface area contributed by atoms with Crippen LogP contribution in [0.4, 0.5) is 0 Å². The van der Waals surface area contributed by atoms with Gasteiger partial charge in [0, 0.05) is 0 Å². The van der Waals surface area contributed by atoms with Crippen molar-refractivity contribution in [2.45, 2.75) is 32.1 Å². The normalized spacial score (nSPS) is 49.2. The number of amides is 2. The molecule has 4 nitrogen and oxygen atoms in total. The average Bonchev–Trinajstić information content (AvgIpc) is 2.14. The van der Waals surface area contributed by atoms with E-state index in [0.29, 0.717) is 18.3 Å². The van der Waals surface area contributed by atoms with Gasteiger partial charge in [-0.15, -0.1) is 0 Å². The third kappa shape index (κ3) is 1.10. The fourth-order valence-electron chi connectivity index (χ4n) is 4.49. The molecule has 16 heavy (non-hydrogen) atoms. The van der Waals surface area contributed by atoms with Crippen molar-refractivity contribution in [1.29, 1.82) is 0 Å². The van der Waals surface area contributed by atoms with Crippen molar-refractivity contribution < 1.29 is 9.59 Å². The lowest BCUT2D eigenvalue weighted by atomic mass is 9.44. The number of primary amides is 2. The van der Waals surface area contributed by atoms with Crippen LogP contribution in [0.25, 0.3) is 0 Å². The zero-order chi connectivity index (χ0) is 11.6. The van der Waals surface area contributed by atoms with Gasteiger partial charge in [0.2, 0.25) is 11.8 Å². The van der Waals surface area contributed by atoms with E-state index in [2.05, 4.69) is 6.42 Å². The molecule has 87 valence electrons. The van der Waals surface area contributed by atoms with Gasteiger partial charge in [0.05, 0.1) is 10.8 Å². The Hall–Kier alpha value is -1.06. The van der Waals surface area contributed by atoms with E-state index in [1.165, 1.54) is 0 Å². The van der Waals surface area contributed by atoms with Crippen molar-refractivity contribution >= 4 is 11.8 Å². The van der Waals surface area contributed by atoms with Crippen molar-refractivity contribution in [2.24, 2.45) is 34.1 Å². The van der Waals surface area contributed by atoms with Crippen LogP contribution in [-0.2, 0) is 9.59 Å².